The van der Waals surface area contributed by atoms with Gasteiger partial charge in [0.05, 0.1) is 32.0 Å². The van der Waals surface area contributed by atoms with Gasteiger partial charge in [-0.1, -0.05) is 18.1 Å². The van der Waals surface area contributed by atoms with Crippen molar-refractivity contribution in [1.29, 1.82) is 0 Å². The van der Waals surface area contributed by atoms with Crippen LogP contribution < -0.4 is 10.9 Å². The van der Waals surface area contributed by atoms with E-state index in [9.17, 15) is 14.4 Å². The third kappa shape index (κ3) is 2.71. The van der Waals surface area contributed by atoms with E-state index in [-0.39, 0.29) is 18.7 Å². The van der Waals surface area contributed by atoms with E-state index in [1.807, 2.05) is 13.0 Å². The fourth-order valence-electron chi connectivity index (χ4n) is 3.05. The van der Waals surface area contributed by atoms with Crippen molar-refractivity contribution < 1.29 is 9.59 Å². The van der Waals surface area contributed by atoms with Gasteiger partial charge in [0, 0.05) is 0 Å². The van der Waals surface area contributed by atoms with Crippen molar-refractivity contribution in [3.05, 3.63) is 39.9 Å². The van der Waals surface area contributed by atoms with Gasteiger partial charge in [-0.3, -0.25) is 24.3 Å². The van der Waals surface area contributed by atoms with Crippen molar-refractivity contribution >= 4 is 46.3 Å². The Labute approximate surface area is 148 Å². The van der Waals surface area contributed by atoms with Gasteiger partial charge in [-0.15, -0.1) is 0 Å². The molecule has 1 N–H and O–H groups in total. The highest BCUT2D eigenvalue weighted by atomic mass is 16.2. The zero-order valence-corrected chi connectivity index (χ0v) is 14.0. The molecule has 2 amide bonds. The Morgan fingerprint density at radius 2 is 1.76 bits per heavy atom. The molecule has 1 saturated heterocycles. The van der Waals surface area contributed by atoms with E-state index in [0.29, 0.717) is 10.9 Å². The van der Waals surface area contributed by atoms with Crippen LogP contribution in [0.5, 0.6) is 0 Å². The summed E-state index contributed by atoms with van der Waals surface area (Å²) < 4.78 is 1.11. The molecular formula is C16H14B3N3O3. The number of carbonyl (C=O) groups is 2. The number of hydrogen-bond acceptors (Lipinski definition) is 4. The maximum absolute atomic E-state index is 13.0. The van der Waals surface area contributed by atoms with Gasteiger partial charge in [-0.25, -0.2) is 4.98 Å². The minimum atomic E-state index is -1.82. The van der Waals surface area contributed by atoms with Crippen molar-refractivity contribution in [1.82, 2.24) is 14.9 Å². The number of aryl methyl sites for hydroxylation is 2. The molecule has 1 aliphatic heterocycles. The summed E-state index contributed by atoms with van der Waals surface area (Å²) >= 11 is 0. The first-order valence-electron chi connectivity index (χ1n) is 7.79. The number of aromatic nitrogens is 2. The van der Waals surface area contributed by atoms with Crippen molar-refractivity contribution in [2.24, 2.45) is 0 Å². The zero-order valence-electron chi connectivity index (χ0n) is 14.0. The van der Waals surface area contributed by atoms with Crippen LogP contribution >= 0.6 is 0 Å². The summed E-state index contributed by atoms with van der Waals surface area (Å²) in [6.45, 7) is 3.42. The van der Waals surface area contributed by atoms with Gasteiger partial charge in [0.25, 0.3) is 5.56 Å². The SMILES string of the molecule is [B]C1([B])CCC([B])(n2c(C)nc3ccc(C)cc3c2=O)C(=O)NC1=O. The molecule has 6 radical (unpaired) electrons. The number of rotatable bonds is 1. The molecule has 1 aliphatic rings. The zero-order chi connectivity index (χ0) is 18.6. The highest BCUT2D eigenvalue weighted by molar-refractivity contribution is 6.52. The summed E-state index contributed by atoms with van der Waals surface area (Å²) in [5.41, 5.74) is -0.901. The number of carbonyl (C=O) groups excluding carboxylic acids is 2. The Morgan fingerprint density at radius 3 is 2.44 bits per heavy atom. The molecule has 1 fully saturated rings. The van der Waals surface area contributed by atoms with Crippen molar-refractivity contribution in [2.75, 3.05) is 0 Å². The second-order valence-corrected chi connectivity index (χ2v) is 6.57. The van der Waals surface area contributed by atoms with Crippen LogP contribution in [0.15, 0.2) is 23.0 Å². The lowest BCUT2D eigenvalue weighted by Gasteiger charge is -2.31. The monoisotopic (exact) mass is 329 g/mol. The molecule has 0 spiro atoms. The number of fused-ring (bicyclic) bond motifs is 1. The first kappa shape index (κ1) is 17.5. The molecule has 2 aromatic rings. The molecule has 2 heterocycles. The second-order valence-electron chi connectivity index (χ2n) is 6.57. The fraction of sp³-hybridized carbons (Fsp3) is 0.375. The topological polar surface area (TPSA) is 81.1 Å². The second kappa shape index (κ2) is 5.61. The number of imide groups is 1. The Hall–Kier alpha value is -2.31. The molecule has 0 aliphatic carbocycles. The average Bonchev–Trinajstić information content (AvgIpc) is 2.60. The first-order chi connectivity index (χ1) is 11.6. The van der Waals surface area contributed by atoms with Gasteiger partial charge >= 0.3 is 0 Å². The largest absolute Gasteiger partial charge is 0.296 e. The Balaban J connectivity index is 2.25. The van der Waals surface area contributed by atoms with Crippen LogP contribution in [0.25, 0.3) is 10.9 Å². The van der Waals surface area contributed by atoms with Gasteiger partial charge in [-0.2, -0.15) is 0 Å². The van der Waals surface area contributed by atoms with E-state index >= 15 is 0 Å². The Morgan fingerprint density at radius 1 is 1.08 bits per heavy atom. The van der Waals surface area contributed by atoms with Gasteiger partial charge in [0.2, 0.25) is 11.8 Å². The molecule has 6 nitrogen and oxygen atoms in total. The minimum absolute atomic E-state index is 0.0706. The maximum atomic E-state index is 13.0. The van der Waals surface area contributed by atoms with E-state index in [2.05, 4.69) is 10.3 Å². The normalized spacial score (nSPS) is 23.3. The van der Waals surface area contributed by atoms with Crippen LogP contribution in [0.2, 0.25) is 5.21 Å². The molecule has 25 heavy (non-hydrogen) atoms. The third-order valence-electron chi connectivity index (χ3n) is 4.55. The predicted molar refractivity (Wildman–Crippen MR) is 95.8 cm³/mol. The number of benzene rings is 1. The minimum Gasteiger partial charge on any atom is -0.296 e. The van der Waals surface area contributed by atoms with E-state index in [0.717, 1.165) is 10.1 Å². The summed E-state index contributed by atoms with van der Waals surface area (Å²) in [5.74, 6) is -1.41. The van der Waals surface area contributed by atoms with Crippen LogP contribution in [0.3, 0.4) is 0 Å². The van der Waals surface area contributed by atoms with E-state index in [1.165, 1.54) is 0 Å². The molecule has 0 saturated carbocycles. The molecular weight excluding hydrogens is 315 g/mol. The number of nitrogens with one attached hydrogen (secondary N) is 1. The van der Waals surface area contributed by atoms with Crippen molar-refractivity contribution in [3.63, 3.8) is 0 Å². The summed E-state index contributed by atoms with van der Waals surface area (Å²) in [5, 5.41) is 0.692. The average molecular weight is 329 g/mol. The molecule has 1 aromatic carbocycles. The third-order valence-corrected chi connectivity index (χ3v) is 4.55. The summed E-state index contributed by atoms with van der Waals surface area (Å²) in [6, 6.07) is 5.25. The van der Waals surface area contributed by atoms with Crippen molar-refractivity contribution in [2.45, 2.75) is 37.3 Å². The summed E-state index contributed by atoms with van der Waals surface area (Å²) in [7, 11) is 17.7. The summed E-state index contributed by atoms with van der Waals surface area (Å²) in [6.07, 6.45) is -0.157. The van der Waals surface area contributed by atoms with E-state index < -0.39 is 28.0 Å². The van der Waals surface area contributed by atoms with Gasteiger partial charge < -0.3 is 0 Å². The van der Waals surface area contributed by atoms with Gasteiger partial charge in [0.1, 0.15) is 13.7 Å². The van der Waals surface area contributed by atoms with Crippen molar-refractivity contribution in [3.8, 4) is 0 Å². The lowest BCUT2D eigenvalue weighted by atomic mass is 9.51. The lowest BCUT2D eigenvalue weighted by Crippen LogP contribution is -2.54. The molecule has 3 rings (SSSR count). The standard InChI is InChI=1S/C16H14B3N3O3/c1-8-3-4-11-10(7-8)12(23)22(9(2)20-11)16(19)6-5-15(17,18)13(24)21-14(16)25/h3-4,7H,5-6H2,1-2H3,(H,21,24,25). The maximum Gasteiger partial charge on any atom is 0.261 e. The molecule has 120 valence electrons. The smallest absolute Gasteiger partial charge is 0.261 e. The summed E-state index contributed by atoms with van der Waals surface area (Å²) in [4.78, 5) is 41.9. The van der Waals surface area contributed by atoms with Crippen LogP contribution in [0, 0.1) is 13.8 Å². The molecule has 0 bridgehead atoms. The molecule has 1 unspecified atom stereocenters. The Kier molecular flexibility index (Phi) is 3.93. The Bertz CT molecular complexity index is 970. The molecule has 1 aromatic heterocycles. The highest BCUT2D eigenvalue weighted by Gasteiger charge is 2.44. The van der Waals surface area contributed by atoms with Crippen LogP contribution in [-0.2, 0) is 15.0 Å². The fourth-order valence-corrected chi connectivity index (χ4v) is 3.05. The van der Waals surface area contributed by atoms with Crippen LogP contribution in [0.1, 0.15) is 24.2 Å². The number of hydrogen-bond donors (Lipinski definition) is 1. The van der Waals surface area contributed by atoms with Crippen LogP contribution in [0.4, 0.5) is 0 Å². The van der Waals surface area contributed by atoms with E-state index in [4.69, 9.17) is 23.5 Å². The number of amides is 2. The molecule has 9 heteroatoms. The first-order valence-corrected chi connectivity index (χ1v) is 7.79. The molecule has 1 atom stereocenters. The predicted octanol–water partition coefficient (Wildman–Crippen LogP) is -0.276. The van der Waals surface area contributed by atoms with Gasteiger partial charge in [0.15, 0.2) is 0 Å². The number of nitrogens with zero attached hydrogens (tertiary/aromatic N) is 2. The van der Waals surface area contributed by atoms with Crippen LogP contribution in [-0.4, -0.2) is 44.9 Å². The highest BCUT2D eigenvalue weighted by Crippen LogP contribution is 2.33. The van der Waals surface area contributed by atoms with Gasteiger partial charge in [-0.05, 0) is 37.6 Å². The lowest BCUT2D eigenvalue weighted by molar-refractivity contribution is -0.132. The quantitative estimate of drug-likeness (QED) is 0.577. The van der Waals surface area contributed by atoms with E-state index in [1.54, 1.807) is 19.1 Å².